The van der Waals surface area contributed by atoms with Gasteiger partial charge in [0.2, 0.25) is 0 Å². The van der Waals surface area contributed by atoms with E-state index in [2.05, 4.69) is 28.7 Å². The van der Waals surface area contributed by atoms with Gasteiger partial charge in [-0.3, -0.25) is 4.90 Å². The summed E-state index contributed by atoms with van der Waals surface area (Å²) in [6.07, 6.45) is 2.30. The van der Waals surface area contributed by atoms with E-state index in [1.54, 1.807) is 11.2 Å². The number of aryl methyl sites for hydroxylation is 1. The molecule has 1 N–H and O–H groups in total. The van der Waals surface area contributed by atoms with Gasteiger partial charge in [0, 0.05) is 19.1 Å². The van der Waals surface area contributed by atoms with E-state index in [0.29, 0.717) is 25.0 Å². The molecule has 0 aromatic carbocycles. The van der Waals surface area contributed by atoms with E-state index < -0.39 is 10.0 Å². The van der Waals surface area contributed by atoms with E-state index in [-0.39, 0.29) is 5.03 Å². The second-order valence-electron chi connectivity index (χ2n) is 4.86. The highest BCUT2D eigenvalue weighted by molar-refractivity contribution is 7.89. The highest BCUT2D eigenvalue weighted by Crippen LogP contribution is 2.22. The minimum absolute atomic E-state index is 0.199. The molecule has 1 aromatic heterocycles. The van der Waals surface area contributed by atoms with Crippen LogP contribution in [0, 0.1) is 6.92 Å². The van der Waals surface area contributed by atoms with Crippen LogP contribution in [0.1, 0.15) is 26.1 Å². The van der Waals surface area contributed by atoms with Crippen LogP contribution < -0.4 is 0 Å². The summed E-state index contributed by atoms with van der Waals surface area (Å²) in [6.45, 7) is 9.04. The van der Waals surface area contributed by atoms with Crippen molar-refractivity contribution in [3.8, 4) is 0 Å². The van der Waals surface area contributed by atoms with Gasteiger partial charge in [-0.2, -0.15) is 4.31 Å². The number of hydrogen-bond donors (Lipinski definition) is 1. The molecular formula is C12H22N4O2S. The van der Waals surface area contributed by atoms with Crippen molar-refractivity contribution in [1.29, 1.82) is 0 Å². The Balaban J connectivity index is 2.12. The number of aromatic amines is 1. The smallest absolute Gasteiger partial charge is 0.260 e. The Kier molecular flexibility index (Phi) is 4.27. The lowest BCUT2D eigenvalue weighted by molar-refractivity contribution is 0.224. The summed E-state index contributed by atoms with van der Waals surface area (Å²) in [4.78, 5) is 9.09. The minimum atomic E-state index is -3.41. The molecule has 1 saturated heterocycles. The average molecular weight is 286 g/mol. The van der Waals surface area contributed by atoms with E-state index in [0.717, 1.165) is 19.5 Å². The molecule has 1 unspecified atom stereocenters. The highest BCUT2D eigenvalue weighted by atomic mass is 32.2. The molecule has 2 rings (SSSR count). The lowest BCUT2D eigenvalue weighted by Gasteiger charge is -2.25. The predicted octanol–water partition coefficient (Wildman–Crippen LogP) is 0.823. The third-order valence-electron chi connectivity index (χ3n) is 3.75. The highest BCUT2D eigenvalue weighted by Gasteiger charge is 2.35. The summed E-state index contributed by atoms with van der Waals surface area (Å²) >= 11 is 0. The number of nitrogens with zero attached hydrogens (tertiary/aromatic N) is 3. The van der Waals surface area contributed by atoms with Crippen molar-refractivity contribution in [2.75, 3.05) is 26.2 Å². The van der Waals surface area contributed by atoms with Gasteiger partial charge in [0.25, 0.3) is 10.0 Å². The van der Waals surface area contributed by atoms with Crippen molar-refractivity contribution >= 4 is 10.0 Å². The molecule has 0 saturated carbocycles. The first-order valence-electron chi connectivity index (χ1n) is 6.74. The van der Waals surface area contributed by atoms with E-state index in [4.69, 9.17) is 0 Å². The normalized spacial score (nSPS) is 21.4. The van der Waals surface area contributed by atoms with Crippen LogP contribution in [0.5, 0.6) is 0 Å². The monoisotopic (exact) mass is 286 g/mol. The van der Waals surface area contributed by atoms with E-state index in [1.807, 2.05) is 0 Å². The molecule has 0 spiro atoms. The fraction of sp³-hybridized carbons (Fsp3) is 0.750. The summed E-state index contributed by atoms with van der Waals surface area (Å²) in [5.41, 5.74) is 0. The van der Waals surface area contributed by atoms with Crippen LogP contribution in [0.15, 0.2) is 11.2 Å². The van der Waals surface area contributed by atoms with Crippen LogP contribution >= 0.6 is 0 Å². The van der Waals surface area contributed by atoms with Gasteiger partial charge in [0.05, 0.1) is 6.20 Å². The first kappa shape index (κ1) is 14.5. The maximum Gasteiger partial charge on any atom is 0.260 e. The molecule has 1 atom stereocenters. The molecule has 1 fully saturated rings. The van der Waals surface area contributed by atoms with Crippen molar-refractivity contribution in [2.45, 2.75) is 38.3 Å². The molecule has 0 radical (unpaired) electrons. The third kappa shape index (κ3) is 2.82. The fourth-order valence-electron chi connectivity index (χ4n) is 2.64. The van der Waals surface area contributed by atoms with Gasteiger partial charge in [-0.15, -0.1) is 0 Å². The molecule has 1 aliphatic rings. The Morgan fingerprint density at radius 3 is 2.68 bits per heavy atom. The van der Waals surface area contributed by atoms with Crippen LogP contribution in [0.3, 0.4) is 0 Å². The lowest BCUT2D eigenvalue weighted by atomic mass is 10.2. The van der Waals surface area contributed by atoms with Gasteiger partial charge in [0.1, 0.15) is 5.82 Å². The number of rotatable bonds is 5. The largest absolute Gasteiger partial charge is 0.332 e. The standard InChI is InChI=1S/C12H22N4O2S/c1-4-15(5-2)11-6-7-16(9-11)19(17,18)12-8-13-10(3)14-12/h8,11H,4-7,9H2,1-3H3,(H,13,14). The zero-order valence-electron chi connectivity index (χ0n) is 11.8. The number of likely N-dealkylation sites (N-methyl/N-ethyl adjacent to an activating group) is 1. The SMILES string of the molecule is CCN(CC)C1CCN(S(=O)(=O)c2cnc(C)[nH]2)C1. The molecule has 6 nitrogen and oxygen atoms in total. The van der Waals surface area contributed by atoms with E-state index >= 15 is 0 Å². The second-order valence-corrected chi connectivity index (χ2v) is 6.77. The molecule has 0 aliphatic carbocycles. The molecule has 1 aliphatic heterocycles. The van der Waals surface area contributed by atoms with Crippen molar-refractivity contribution < 1.29 is 8.42 Å². The maximum absolute atomic E-state index is 12.4. The molecule has 7 heteroatoms. The fourth-order valence-corrected chi connectivity index (χ4v) is 4.09. The van der Waals surface area contributed by atoms with Gasteiger partial charge >= 0.3 is 0 Å². The molecule has 2 heterocycles. The lowest BCUT2D eigenvalue weighted by Crippen LogP contribution is -2.38. The van der Waals surface area contributed by atoms with Crippen LogP contribution in [-0.4, -0.2) is 59.8 Å². The summed E-state index contributed by atoms with van der Waals surface area (Å²) in [5, 5.41) is 0.199. The number of H-pyrrole nitrogens is 1. The van der Waals surface area contributed by atoms with Crippen LogP contribution in [0.25, 0.3) is 0 Å². The topological polar surface area (TPSA) is 69.3 Å². The quantitative estimate of drug-likeness (QED) is 0.870. The molecule has 0 bridgehead atoms. The van der Waals surface area contributed by atoms with Crippen LogP contribution in [-0.2, 0) is 10.0 Å². The predicted molar refractivity (Wildman–Crippen MR) is 73.4 cm³/mol. The van der Waals surface area contributed by atoms with Crippen LogP contribution in [0.4, 0.5) is 0 Å². The van der Waals surface area contributed by atoms with Gasteiger partial charge in [0.15, 0.2) is 5.03 Å². The van der Waals surface area contributed by atoms with E-state index in [9.17, 15) is 8.42 Å². The van der Waals surface area contributed by atoms with Crippen LogP contribution in [0.2, 0.25) is 0 Å². The molecule has 1 aromatic rings. The summed E-state index contributed by atoms with van der Waals surface area (Å²) in [7, 11) is -3.41. The maximum atomic E-state index is 12.4. The number of aromatic nitrogens is 2. The van der Waals surface area contributed by atoms with Gasteiger partial charge in [-0.25, -0.2) is 13.4 Å². The first-order chi connectivity index (χ1) is 8.98. The zero-order valence-corrected chi connectivity index (χ0v) is 12.6. The van der Waals surface area contributed by atoms with Gasteiger partial charge in [-0.1, -0.05) is 13.8 Å². The zero-order chi connectivity index (χ0) is 14.0. The van der Waals surface area contributed by atoms with Crippen molar-refractivity contribution in [2.24, 2.45) is 0 Å². The average Bonchev–Trinajstić information content (AvgIpc) is 3.00. The summed E-state index contributed by atoms with van der Waals surface area (Å²) in [6, 6.07) is 0.328. The van der Waals surface area contributed by atoms with Gasteiger partial charge < -0.3 is 4.98 Å². The molecular weight excluding hydrogens is 264 g/mol. The Bertz CT molecular complexity index is 522. The van der Waals surface area contributed by atoms with Crippen molar-refractivity contribution in [3.05, 3.63) is 12.0 Å². The molecule has 19 heavy (non-hydrogen) atoms. The van der Waals surface area contributed by atoms with Crippen molar-refractivity contribution in [1.82, 2.24) is 19.2 Å². The molecule has 108 valence electrons. The Morgan fingerprint density at radius 2 is 2.16 bits per heavy atom. The second kappa shape index (κ2) is 5.60. The third-order valence-corrected chi connectivity index (χ3v) is 5.53. The Morgan fingerprint density at radius 1 is 1.47 bits per heavy atom. The number of imidazole rings is 1. The Labute approximate surface area is 114 Å². The van der Waals surface area contributed by atoms with E-state index in [1.165, 1.54) is 6.20 Å². The summed E-state index contributed by atoms with van der Waals surface area (Å²) in [5.74, 6) is 0.623. The number of sulfonamides is 1. The summed E-state index contributed by atoms with van der Waals surface area (Å²) < 4.78 is 26.4. The van der Waals surface area contributed by atoms with Crippen molar-refractivity contribution in [3.63, 3.8) is 0 Å². The van der Waals surface area contributed by atoms with Gasteiger partial charge in [-0.05, 0) is 26.4 Å². The number of nitrogens with one attached hydrogen (secondary N) is 1. The minimum Gasteiger partial charge on any atom is -0.332 e. The first-order valence-corrected chi connectivity index (χ1v) is 8.18. The Hall–Kier alpha value is -0.920. The molecule has 0 amide bonds. The number of hydrogen-bond acceptors (Lipinski definition) is 4.